The molecule has 4 aromatic carbocycles. The van der Waals surface area contributed by atoms with E-state index >= 15 is 0 Å². The number of hydrogen-bond donors (Lipinski definition) is 1. The van der Waals surface area contributed by atoms with Gasteiger partial charge in [-0.15, -0.1) is 0 Å². The molecule has 0 saturated heterocycles. The summed E-state index contributed by atoms with van der Waals surface area (Å²) >= 11 is 3.49. The molecule has 5 aromatic rings. The normalized spacial score (nSPS) is 11.6. The highest BCUT2D eigenvalue weighted by Gasteiger charge is 2.27. The molecule has 0 aliphatic carbocycles. The molecule has 0 fully saturated rings. The standard InChI is InChI=1S/C28H20BrN5O4S/c1-18-7-11-22(12-8-18)39(37,38)26-14-9-19(15-25(26)34(35)36)17-30-33-28-31-24-13-10-21(29)16-23(24)27(32-28)20-5-3-2-4-6-20/h2-17H,1H3,(H,31,32,33)/b30-17+. The molecule has 0 spiro atoms. The number of rotatable bonds is 7. The van der Waals surface area contributed by atoms with Gasteiger partial charge in [-0.05, 0) is 43.3 Å². The first-order chi connectivity index (χ1) is 18.7. The smallest absolute Gasteiger partial charge is 0.258 e. The summed E-state index contributed by atoms with van der Waals surface area (Å²) in [6.07, 6.45) is 1.34. The molecule has 0 bridgehead atoms. The maximum Gasteiger partial charge on any atom is 0.289 e. The average molecular weight is 602 g/mol. The fraction of sp³-hybridized carbons (Fsp3) is 0.0357. The van der Waals surface area contributed by atoms with E-state index in [1.165, 1.54) is 36.5 Å². The van der Waals surface area contributed by atoms with Crippen LogP contribution >= 0.6 is 15.9 Å². The van der Waals surface area contributed by atoms with Gasteiger partial charge in [0.05, 0.1) is 27.2 Å². The monoisotopic (exact) mass is 601 g/mol. The van der Waals surface area contributed by atoms with Crippen LogP contribution < -0.4 is 5.43 Å². The van der Waals surface area contributed by atoms with Gasteiger partial charge in [0, 0.05) is 27.1 Å². The number of anilines is 1. The number of nitrogens with one attached hydrogen (secondary N) is 1. The SMILES string of the molecule is Cc1ccc(S(=O)(=O)c2ccc(/C=N/Nc3nc(-c4ccccc4)c4cc(Br)ccc4n3)cc2[N+](=O)[O-])cc1. The van der Waals surface area contributed by atoms with Gasteiger partial charge < -0.3 is 0 Å². The minimum absolute atomic E-state index is 0.0195. The second-order valence-corrected chi connectivity index (χ2v) is 11.4. The molecule has 194 valence electrons. The zero-order valence-corrected chi connectivity index (χ0v) is 22.8. The summed E-state index contributed by atoms with van der Waals surface area (Å²) in [5.74, 6) is 0.230. The van der Waals surface area contributed by atoms with E-state index in [0.717, 1.165) is 21.0 Å². The van der Waals surface area contributed by atoms with Crippen molar-refractivity contribution in [1.82, 2.24) is 9.97 Å². The highest BCUT2D eigenvalue weighted by Crippen LogP contribution is 2.31. The van der Waals surface area contributed by atoms with Crippen LogP contribution in [-0.2, 0) is 9.84 Å². The molecular formula is C28H20BrN5O4S. The Morgan fingerprint density at radius 3 is 2.41 bits per heavy atom. The quantitative estimate of drug-likeness (QED) is 0.127. The number of fused-ring (bicyclic) bond motifs is 1. The van der Waals surface area contributed by atoms with Gasteiger partial charge in [-0.3, -0.25) is 10.1 Å². The van der Waals surface area contributed by atoms with Crippen LogP contribution in [0.15, 0.2) is 110 Å². The largest absolute Gasteiger partial charge is 0.289 e. The number of nitrogens with zero attached hydrogens (tertiary/aromatic N) is 4. The van der Waals surface area contributed by atoms with E-state index in [1.807, 2.05) is 55.5 Å². The second-order valence-electron chi connectivity index (χ2n) is 8.59. The van der Waals surface area contributed by atoms with Crippen molar-refractivity contribution in [2.75, 3.05) is 5.43 Å². The van der Waals surface area contributed by atoms with E-state index in [1.54, 1.807) is 12.1 Å². The van der Waals surface area contributed by atoms with Gasteiger partial charge in [0.1, 0.15) is 4.90 Å². The third kappa shape index (κ3) is 5.54. The summed E-state index contributed by atoms with van der Waals surface area (Å²) < 4.78 is 27.1. The number of halogens is 1. The Morgan fingerprint density at radius 2 is 1.69 bits per heavy atom. The van der Waals surface area contributed by atoms with Crippen LogP contribution in [0.2, 0.25) is 0 Å². The molecule has 1 N–H and O–H groups in total. The van der Waals surface area contributed by atoms with E-state index in [9.17, 15) is 18.5 Å². The van der Waals surface area contributed by atoms with Crippen LogP contribution in [0.1, 0.15) is 11.1 Å². The molecule has 11 heteroatoms. The van der Waals surface area contributed by atoms with E-state index in [2.05, 4.69) is 36.4 Å². The fourth-order valence-corrected chi connectivity index (χ4v) is 5.73. The summed E-state index contributed by atoms with van der Waals surface area (Å²) in [6.45, 7) is 1.82. The lowest BCUT2D eigenvalue weighted by atomic mass is 10.1. The Kier molecular flexibility index (Phi) is 7.18. The van der Waals surface area contributed by atoms with Crippen LogP contribution in [0.3, 0.4) is 0 Å². The Balaban J connectivity index is 1.46. The average Bonchev–Trinajstić information content (AvgIpc) is 2.93. The number of benzene rings is 4. The highest BCUT2D eigenvalue weighted by molar-refractivity contribution is 9.10. The van der Waals surface area contributed by atoms with E-state index in [4.69, 9.17) is 0 Å². The predicted molar refractivity (Wildman–Crippen MR) is 154 cm³/mol. The van der Waals surface area contributed by atoms with E-state index in [0.29, 0.717) is 16.8 Å². The van der Waals surface area contributed by atoms with Crippen molar-refractivity contribution < 1.29 is 13.3 Å². The zero-order valence-electron chi connectivity index (χ0n) is 20.4. The van der Waals surface area contributed by atoms with Gasteiger partial charge in [-0.2, -0.15) is 5.10 Å². The van der Waals surface area contributed by atoms with Gasteiger partial charge in [-0.1, -0.05) is 70.0 Å². The Hall–Kier alpha value is -4.48. The van der Waals surface area contributed by atoms with Crippen molar-refractivity contribution in [1.29, 1.82) is 0 Å². The van der Waals surface area contributed by atoms with Gasteiger partial charge in [0.15, 0.2) is 0 Å². The predicted octanol–water partition coefficient (Wildman–Crippen LogP) is 6.55. The summed E-state index contributed by atoms with van der Waals surface area (Å²) in [5.41, 5.74) is 5.75. The fourth-order valence-electron chi connectivity index (χ4n) is 3.96. The number of nitro benzene ring substituents is 1. The van der Waals surface area contributed by atoms with Crippen molar-refractivity contribution >= 4 is 54.5 Å². The first-order valence-electron chi connectivity index (χ1n) is 11.6. The molecule has 5 rings (SSSR count). The number of aromatic nitrogens is 2. The maximum atomic E-state index is 13.1. The van der Waals surface area contributed by atoms with Gasteiger partial charge in [0.25, 0.3) is 5.69 Å². The molecular weight excluding hydrogens is 582 g/mol. The molecule has 1 aromatic heterocycles. The summed E-state index contributed by atoms with van der Waals surface area (Å²) in [5, 5.41) is 16.8. The van der Waals surface area contributed by atoms with Crippen LogP contribution in [0.25, 0.3) is 22.2 Å². The molecule has 0 aliphatic rings. The molecule has 0 saturated carbocycles. The molecule has 0 aliphatic heterocycles. The summed E-state index contributed by atoms with van der Waals surface area (Å²) in [6, 6.07) is 25.3. The van der Waals surface area contributed by atoms with E-state index < -0.39 is 25.3 Å². The minimum Gasteiger partial charge on any atom is -0.258 e. The lowest BCUT2D eigenvalue weighted by Gasteiger charge is -2.09. The topological polar surface area (TPSA) is 127 Å². The van der Waals surface area contributed by atoms with Gasteiger partial charge in [0.2, 0.25) is 15.8 Å². The molecule has 0 radical (unpaired) electrons. The number of hydrogen-bond acceptors (Lipinski definition) is 8. The lowest BCUT2D eigenvalue weighted by Crippen LogP contribution is -2.06. The van der Waals surface area contributed by atoms with Crippen molar-refractivity contribution in [3.05, 3.63) is 117 Å². The molecule has 0 amide bonds. The van der Waals surface area contributed by atoms with Crippen LogP contribution in [0.4, 0.5) is 11.6 Å². The number of sulfone groups is 1. The van der Waals surface area contributed by atoms with Crippen molar-refractivity contribution in [3.63, 3.8) is 0 Å². The molecule has 0 atom stereocenters. The Bertz CT molecular complexity index is 1840. The van der Waals surface area contributed by atoms with Crippen LogP contribution in [0.5, 0.6) is 0 Å². The third-order valence-electron chi connectivity index (χ3n) is 5.88. The Labute approximate surface area is 232 Å². The highest BCUT2D eigenvalue weighted by atomic mass is 79.9. The van der Waals surface area contributed by atoms with Crippen molar-refractivity contribution in [2.24, 2.45) is 5.10 Å². The number of aryl methyl sites for hydroxylation is 1. The van der Waals surface area contributed by atoms with Gasteiger partial charge >= 0.3 is 0 Å². The van der Waals surface area contributed by atoms with Crippen molar-refractivity contribution in [2.45, 2.75) is 16.7 Å². The van der Waals surface area contributed by atoms with Gasteiger partial charge in [-0.25, -0.2) is 23.8 Å². The molecule has 9 nitrogen and oxygen atoms in total. The minimum atomic E-state index is -4.09. The number of nitro groups is 1. The first kappa shape index (κ1) is 26.1. The molecule has 1 heterocycles. The molecule has 39 heavy (non-hydrogen) atoms. The zero-order chi connectivity index (χ0) is 27.6. The van der Waals surface area contributed by atoms with Crippen LogP contribution in [-0.4, -0.2) is 29.5 Å². The summed E-state index contributed by atoms with van der Waals surface area (Å²) in [7, 11) is -4.09. The molecule has 0 unspecified atom stereocenters. The van der Waals surface area contributed by atoms with Crippen molar-refractivity contribution in [3.8, 4) is 11.3 Å². The number of hydrazone groups is 1. The maximum absolute atomic E-state index is 13.1. The first-order valence-corrected chi connectivity index (χ1v) is 13.9. The lowest BCUT2D eigenvalue weighted by molar-refractivity contribution is -0.387. The van der Waals surface area contributed by atoms with Crippen LogP contribution in [0, 0.1) is 17.0 Å². The third-order valence-corrected chi connectivity index (χ3v) is 8.19. The Morgan fingerprint density at radius 1 is 0.949 bits per heavy atom. The summed E-state index contributed by atoms with van der Waals surface area (Å²) in [4.78, 5) is 19.8. The van der Waals surface area contributed by atoms with E-state index in [-0.39, 0.29) is 10.8 Å². The second kappa shape index (κ2) is 10.7.